The standard InChI is InChI=1S/C8H5NO3/c1-2-7-6(8(11)12)3-5(10)4-9-7/h1,3-4,10H,(H,11,12). The molecule has 4 nitrogen and oxygen atoms in total. The summed E-state index contributed by atoms with van der Waals surface area (Å²) in [6.45, 7) is 0. The molecule has 0 aromatic carbocycles. The third-order valence-corrected chi connectivity index (χ3v) is 1.24. The Morgan fingerprint density at radius 2 is 2.33 bits per heavy atom. The fourth-order valence-corrected chi connectivity index (χ4v) is 0.732. The first-order valence-corrected chi connectivity index (χ1v) is 3.04. The normalized spacial score (nSPS) is 8.92. The van der Waals surface area contributed by atoms with Gasteiger partial charge in [-0.1, -0.05) is 0 Å². The second-order valence-corrected chi connectivity index (χ2v) is 2.04. The summed E-state index contributed by atoms with van der Waals surface area (Å²) in [6, 6.07) is 1.06. The maximum Gasteiger partial charge on any atom is 0.338 e. The molecule has 1 aromatic rings. The van der Waals surface area contributed by atoms with Crippen molar-refractivity contribution in [3.05, 3.63) is 23.5 Å². The molecular weight excluding hydrogens is 158 g/mol. The zero-order valence-electron chi connectivity index (χ0n) is 5.98. The molecular formula is C8H5NO3. The number of carboxylic acid groups (broad SMARTS) is 1. The maximum atomic E-state index is 10.5. The number of hydrogen-bond acceptors (Lipinski definition) is 3. The highest BCUT2D eigenvalue weighted by Crippen LogP contribution is 2.12. The fraction of sp³-hybridized carbons (Fsp3) is 0. The summed E-state index contributed by atoms with van der Waals surface area (Å²) in [5.41, 5.74) is -0.155. The van der Waals surface area contributed by atoms with Gasteiger partial charge in [0.2, 0.25) is 0 Å². The summed E-state index contributed by atoms with van der Waals surface area (Å²) < 4.78 is 0. The number of aromatic hydroxyl groups is 1. The molecule has 1 rings (SSSR count). The molecule has 0 amide bonds. The number of hydrogen-bond donors (Lipinski definition) is 2. The molecule has 0 unspecified atom stereocenters. The largest absolute Gasteiger partial charge is 0.506 e. The minimum Gasteiger partial charge on any atom is -0.506 e. The molecule has 4 heteroatoms. The Kier molecular flexibility index (Phi) is 1.97. The highest BCUT2D eigenvalue weighted by molar-refractivity contribution is 5.90. The molecule has 1 aromatic heterocycles. The molecule has 1 heterocycles. The Morgan fingerprint density at radius 1 is 1.67 bits per heavy atom. The van der Waals surface area contributed by atoms with E-state index in [-0.39, 0.29) is 17.0 Å². The van der Waals surface area contributed by atoms with E-state index in [2.05, 4.69) is 10.9 Å². The Bertz CT molecular complexity index is 365. The van der Waals surface area contributed by atoms with Gasteiger partial charge in [0.25, 0.3) is 0 Å². The number of nitrogens with zero attached hydrogens (tertiary/aromatic N) is 1. The Labute approximate surface area is 68.5 Å². The van der Waals surface area contributed by atoms with Crippen LogP contribution in [-0.2, 0) is 0 Å². The van der Waals surface area contributed by atoms with Crippen LogP contribution >= 0.6 is 0 Å². The van der Waals surface area contributed by atoms with Gasteiger partial charge in [0.05, 0.1) is 11.8 Å². The van der Waals surface area contributed by atoms with E-state index in [9.17, 15) is 4.79 Å². The van der Waals surface area contributed by atoms with Crippen LogP contribution in [0.25, 0.3) is 0 Å². The van der Waals surface area contributed by atoms with E-state index in [0.29, 0.717) is 0 Å². The van der Waals surface area contributed by atoms with E-state index in [4.69, 9.17) is 16.6 Å². The molecule has 2 N–H and O–H groups in total. The molecule has 0 radical (unpaired) electrons. The van der Waals surface area contributed by atoms with Gasteiger partial charge in [0.1, 0.15) is 11.4 Å². The second kappa shape index (κ2) is 2.93. The fourth-order valence-electron chi connectivity index (χ4n) is 0.732. The summed E-state index contributed by atoms with van der Waals surface area (Å²) in [6.07, 6.45) is 6.08. The first-order chi connectivity index (χ1) is 5.65. The number of pyridine rings is 1. The summed E-state index contributed by atoms with van der Waals surface area (Å²) in [5.74, 6) is 0.682. The van der Waals surface area contributed by atoms with Crippen LogP contribution in [0.5, 0.6) is 5.75 Å². The third-order valence-electron chi connectivity index (χ3n) is 1.24. The Hall–Kier alpha value is -2.02. The molecule has 0 aliphatic carbocycles. The van der Waals surface area contributed by atoms with Crippen LogP contribution in [0.15, 0.2) is 12.3 Å². The van der Waals surface area contributed by atoms with Crippen molar-refractivity contribution < 1.29 is 15.0 Å². The van der Waals surface area contributed by atoms with Crippen molar-refractivity contribution in [3.63, 3.8) is 0 Å². The molecule has 12 heavy (non-hydrogen) atoms. The number of carbonyl (C=O) groups is 1. The lowest BCUT2D eigenvalue weighted by molar-refractivity contribution is 0.0695. The van der Waals surface area contributed by atoms with Gasteiger partial charge in [-0.15, -0.1) is 6.42 Å². The van der Waals surface area contributed by atoms with Crippen LogP contribution in [-0.4, -0.2) is 21.2 Å². The van der Waals surface area contributed by atoms with Gasteiger partial charge < -0.3 is 10.2 Å². The summed E-state index contributed by atoms with van der Waals surface area (Å²) in [4.78, 5) is 14.0. The molecule has 0 aliphatic heterocycles. The molecule has 0 saturated carbocycles. The molecule has 0 aliphatic rings. The van der Waals surface area contributed by atoms with Crippen LogP contribution in [0, 0.1) is 12.3 Å². The van der Waals surface area contributed by atoms with Crippen LogP contribution in [0.4, 0.5) is 0 Å². The number of aromatic carboxylic acids is 1. The molecule has 0 bridgehead atoms. The zero-order chi connectivity index (χ0) is 9.14. The van der Waals surface area contributed by atoms with E-state index >= 15 is 0 Å². The third kappa shape index (κ3) is 1.35. The molecule has 0 saturated heterocycles. The lowest BCUT2D eigenvalue weighted by Crippen LogP contribution is -2.01. The van der Waals surface area contributed by atoms with E-state index in [1.165, 1.54) is 0 Å². The predicted molar refractivity (Wildman–Crippen MR) is 40.8 cm³/mol. The van der Waals surface area contributed by atoms with E-state index in [0.717, 1.165) is 12.3 Å². The first-order valence-electron chi connectivity index (χ1n) is 3.04. The smallest absolute Gasteiger partial charge is 0.338 e. The minimum atomic E-state index is -1.20. The highest BCUT2D eigenvalue weighted by Gasteiger charge is 2.09. The topological polar surface area (TPSA) is 70.4 Å². The van der Waals surface area contributed by atoms with Crippen molar-refractivity contribution in [2.75, 3.05) is 0 Å². The quantitative estimate of drug-likeness (QED) is 0.590. The van der Waals surface area contributed by atoms with Crippen LogP contribution in [0.2, 0.25) is 0 Å². The van der Waals surface area contributed by atoms with Crippen molar-refractivity contribution in [2.45, 2.75) is 0 Å². The monoisotopic (exact) mass is 163 g/mol. The average molecular weight is 163 g/mol. The molecule has 0 atom stereocenters. The van der Waals surface area contributed by atoms with Crippen LogP contribution in [0.1, 0.15) is 16.1 Å². The molecule has 0 fully saturated rings. The van der Waals surface area contributed by atoms with Crippen molar-refractivity contribution >= 4 is 5.97 Å². The zero-order valence-corrected chi connectivity index (χ0v) is 5.98. The predicted octanol–water partition coefficient (Wildman–Crippen LogP) is 0.467. The van der Waals surface area contributed by atoms with Crippen molar-refractivity contribution in [1.29, 1.82) is 0 Å². The van der Waals surface area contributed by atoms with E-state index in [1.807, 2.05) is 0 Å². The van der Waals surface area contributed by atoms with Gasteiger partial charge in [-0.05, 0) is 12.0 Å². The van der Waals surface area contributed by atoms with Crippen molar-refractivity contribution in [3.8, 4) is 18.1 Å². The Balaban J connectivity index is 3.34. The number of carboxylic acids is 1. The van der Waals surface area contributed by atoms with Gasteiger partial charge in [-0.25, -0.2) is 9.78 Å². The number of aromatic nitrogens is 1. The summed E-state index contributed by atoms with van der Waals surface area (Å²) >= 11 is 0. The number of terminal acetylenes is 1. The summed E-state index contributed by atoms with van der Waals surface area (Å²) in [7, 11) is 0. The molecule has 0 spiro atoms. The second-order valence-electron chi connectivity index (χ2n) is 2.04. The lowest BCUT2D eigenvalue weighted by Gasteiger charge is -1.97. The first kappa shape index (κ1) is 8.08. The Morgan fingerprint density at radius 3 is 2.83 bits per heavy atom. The van der Waals surface area contributed by atoms with Gasteiger partial charge in [0, 0.05) is 0 Å². The van der Waals surface area contributed by atoms with Crippen LogP contribution in [0.3, 0.4) is 0 Å². The highest BCUT2D eigenvalue weighted by atomic mass is 16.4. The summed E-state index contributed by atoms with van der Waals surface area (Å²) in [5, 5.41) is 17.5. The van der Waals surface area contributed by atoms with E-state index < -0.39 is 5.97 Å². The van der Waals surface area contributed by atoms with Crippen LogP contribution < -0.4 is 0 Å². The van der Waals surface area contributed by atoms with Crippen molar-refractivity contribution in [1.82, 2.24) is 4.98 Å². The van der Waals surface area contributed by atoms with Gasteiger partial charge >= 0.3 is 5.97 Å². The molecule has 60 valence electrons. The number of rotatable bonds is 1. The van der Waals surface area contributed by atoms with Crippen molar-refractivity contribution in [2.24, 2.45) is 0 Å². The maximum absolute atomic E-state index is 10.5. The van der Waals surface area contributed by atoms with E-state index in [1.54, 1.807) is 0 Å². The van der Waals surface area contributed by atoms with Gasteiger partial charge in [0.15, 0.2) is 0 Å². The minimum absolute atomic E-state index is 0.0142. The lowest BCUT2D eigenvalue weighted by atomic mass is 10.2. The average Bonchev–Trinajstić information content (AvgIpc) is 2.04. The van der Waals surface area contributed by atoms with Gasteiger partial charge in [-0.2, -0.15) is 0 Å². The van der Waals surface area contributed by atoms with Gasteiger partial charge in [-0.3, -0.25) is 0 Å². The SMILES string of the molecule is C#Cc1ncc(O)cc1C(=O)O.